The summed E-state index contributed by atoms with van der Waals surface area (Å²) >= 11 is 0. The lowest BCUT2D eigenvalue weighted by molar-refractivity contribution is 0.0726. The molecule has 0 amide bonds. The highest BCUT2D eigenvalue weighted by Crippen LogP contribution is 2.40. The molecule has 194 valence electrons. The van der Waals surface area contributed by atoms with Crippen LogP contribution in [0.25, 0.3) is 11.1 Å². The Morgan fingerprint density at radius 3 is 2.11 bits per heavy atom. The molecule has 3 aromatic carbocycles. The van der Waals surface area contributed by atoms with E-state index in [1.807, 2.05) is 0 Å². The van der Waals surface area contributed by atoms with Gasteiger partial charge in [0, 0.05) is 11.1 Å². The number of aliphatic hydroxyl groups excluding tert-OH is 1. The molecule has 2 aliphatic rings. The molecule has 1 saturated carbocycles. The summed E-state index contributed by atoms with van der Waals surface area (Å²) in [4.78, 5) is 12.6. The van der Waals surface area contributed by atoms with Crippen molar-refractivity contribution in [2.45, 2.75) is 50.7 Å². The van der Waals surface area contributed by atoms with E-state index in [-0.39, 0.29) is 34.1 Å². The van der Waals surface area contributed by atoms with Crippen molar-refractivity contribution in [3.05, 3.63) is 88.5 Å². The van der Waals surface area contributed by atoms with Crippen molar-refractivity contribution in [1.82, 2.24) is 0 Å². The maximum Gasteiger partial charge on any atom is 0.343 e. The third-order valence-electron chi connectivity index (χ3n) is 7.40. The van der Waals surface area contributed by atoms with Crippen LogP contribution in [0.1, 0.15) is 66.1 Å². The van der Waals surface area contributed by atoms with Gasteiger partial charge in [0.1, 0.15) is 6.10 Å². The number of carbonyl (C=O) groups excluding carboxylic acids is 1. The topological polar surface area (TPSA) is 59.1 Å². The molecule has 2 unspecified atom stereocenters. The van der Waals surface area contributed by atoms with Crippen molar-refractivity contribution < 1.29 is 36.9 Å². The first-order valence-corrected chi connectivity index (χ1v) is 12.3. The number of hydrogen-bond donors (Lipinski definition) is 1. The largest absolute Gasteiger partial charge is 0.420 e. The van der Waals surface area contributed by atoms with Crippen molar-refractivity contribution >= 4 is 5.97 Å². The number of rotatable bonds is 6. The van der Waals surface area contributed by atoms with Gasteiger partial charge in [-0.1, -0.05) is 30.3 Å². The van der Waals surface area contributed by atoms with Gasteiger partial charge >= 0.3 is 5.97 Å². The van der Waals surface area contributed by atoms with Crippen molar-refractivity contribution in [2.24, 2.45) is 5.92 Å². The summed E-state index contributed by atoms with van der Waals surface area (Å²) in [7, 11) is 0. The second kappa shape index (κ2) is 10.3. The summed E-state index contributed by atoms with van der Waals surface area (Å²) in [6.07, 6.45) is 1.88. The van der Waals surface area contributed by atoms with Gasteiger partial charge in [-0.25, -0.2) is 18.0 Å². The van der Waals surface area contributed by atoms with Gasteiger partial charge in [-0.2, -0.15) is 4.39 Å². The van der Waals surface area contributed by atoms with Crippen LogP contribution in [0.3, 0.4) is 0 Å². The number of carbonyl (C=O) groups is 1. The second-order valence-corrected chi connectivity index (χ2v) is 9.75. The first-order chi connectivity index (χ1) is 17.7. The maximum absolute atomic E-state index is 14.9. The summed E-state index contributed by atoms with van der Waals surface area (Å²) in [5, 5.41) is 9.75. The molecule has 8 heteroatoms. The zero-order valence-electron chi connectivity index (χ0n) is 20.1. The standard InChI is InChI=1S/C29H26F4O4/c1-15(34)16-2-4-17(5-3-16)21-12-13-23(28(33)26(21)31)37-29(35)19-8-6-18(7-9-19)20-10-11-22(24-14-36-24)27(32)25(20)30/h6-13,15-17,24,34H,2-5,14H2,1H3. The van der Waals surface area contributed by atoms with Crippen LogP contribution in [-0.2, 0) is 4.74 Å². The summed E-state index contributed by atoms with van der Waals surface area (Å²) < 4.78 is 68.7. The van der Waals surface area contributed by atoms with E-state index in [1.54, 1.807) is 6.92 Å². The molecule has 0 bridgehead atoms. The molecule has 2 fully saturated rings. The fourth-order valence-electron chi connectivity index (χ4n) is 5.06. The Labute approximate surface area is 211 Å². The molecule has 0 radical (unpaired) electrons. The number of ether oxygens (including phenoxy) is 2. The van der Waals surface area contributed by atoms with Crippen molar-refractivity contribution in [3.63, 3.8) is 0 Å². The summed E-state index contributed by atoms with van der Waals surface area (Å²) in [6.45, 7) is 2.09. The van der Waals surface area contributed by atoms with E-state index < -0.39 is 47.2 Å². The van der Waals surface area contributed by atoms with Gasteiger partial charge in [-0.3, -0.25) is 0 Å². The van der Waals surface area contributed by atoms with Crippen molar-refractivity contribution in [1.29, 1.82) is 0 Å². The van der Waals surface area contributed by atoms with Crippen LogP contribution in [0.15, 0.2) is 48.5 Å². The lowest BCUT2D eigenvalue weighted by Crippen LogP contribution is -2.23. The van der Waals surface area contributed by atoms with E-state index in [1.165, 1.54) is 48.5 Å². The van der Waals surface area contributed by atoms with E-state index in [0.29, 0.717) is 25.0 Å². The van der Waals surface area contributed by atoms with E-state index in [4.69, 9.17) is 9.47 Å². The van der Waals surface area contributed by atoms with Crippen LogP contribution in [-0.4, -0.2) is 23.8 Å². The van der Waals surface area contributed by atoms with Crippen LogP contribution in [0.4, 0.5) is 17.6 Å². The number of aliphatic hydroxyl groups is 1. The average molecular weight is 515 g/mol. The van der Waals surface area contributed by atoms with Gasteiger partial charge in [0.2, 0.25) is 5.82 Å². The molecule has 5 rings (SSSR count). The van der Waals surface area contributed by atoms with Gasteiger partial charge in [0.15, 0.2) is 23.2 Å². The molecular formula is C29H26F4O4. The van der Waals surface area contributed by atoms with Crippen LogP contribution in [0, 0.1) is 29.2 Å². The van der Waals surface area contributed by atoms with E-state index in [2.05, 4.69) is 0 Å². The molecule has 3 aromatic rings. The fraction of sp³-hybridized carbons (Fsp3) is 0.345. The van der Waals surface area contributed by atoms with Gasteiger partial charge in [0.25, 0.3) is 0 Å². The monoisotopic (exact) mass is 514 g/mol. The SMILES string of the molecule is CC(O)C1CCC(c2ccc(OC(=O)c3ccc(-c4ccc(C5CO5)c(F)c4F)cc3)c(F)c2F)CC1. The maximum atomic E-state index is 14.9. The number of benzene rings is 3. The lowest BCUT2D eigenvalue weighted by Gasteiger charge is -2.30. The molecule has 2 atom stereocenters. The van der Waals surface area contributed by atoms with Gasteiger partial charge in [-0.05, 0) is 73.8 Å². The van der Waals surface area contributed by atoms with E-state index in [9.17, 15) is 27.5 Å². The number of esters is 1. The molecule has 1 aliphatic carbocycles. The lowest BCUT2D eigenvalue weighted by atomic mass is 9.77. The summed E-state index contributed by atoms with van der Waals surface area (Å²) in [5.41, 5.74) is 0.789. The molecule has 1 N–H and O–H groups in total. The average Bonchev–Trinajstić information content (AvgIpc) is 3.74. The first kappa shape index (κ1) is 25.4. The third-order valence-corrected chi connectivity index (χ3v) is 7.40. The molecule has 4 nitrogen and oxygen atoms in total. The molecule has 0 aromatic heterocycles. The highest BCUT2D eigenvalue weighted by Gasteiger charge is 2.31. The van der Waals surface area contributed by atoms with Crippen LogP contribution >= 0.6 is 0 Å². The minimum atomic E-state index is -1.24. The predicted molar refractivity (Wildman–Crippen MR) is 128 cm³/mol. The second-order valence-electron chi connectivity index (χ2n) is 9.75. The van der Waals surface area contributed by atoms with Crippen LogP contribution < -0.4 is 4.74 Å². The Kier molecular flexibility index (Phi) is 7.05. The number of hydrogen-bond acceptors (Lipinski definition) is 4. The Morgan fingerprint density at radius 1 is 0.865 bits per heavy atom. The zero-order valence-corrected chi connectivity index (χ0v) is 20.1. The zero-order chi connectivity index (χ0) is 26.3. The fourth-order valence-corrected chi connectivity index (χ4v) is 5.06. The van der Waals surface area contributed by atoms with Gasteiger partial charge in [0.05, 0.1) is 18.3 Å². The first-order valence-electron chi connectivity index (χ1n) is 12.3. The number of halogens is 4. The Morgan fingerprint density at radius 2 is 1.49 bits per heavy atom. The Bertz CT molecular complexity index is 1310. The molecular weight excluding hydrogens is 488 g/mol. The quantitative estimate of drug-likeness (QED) is 0.169. The molecule has 1 heterocycles. The normalized spacial score (nSPS) is 21.9. The van der Waals surface area contributed by atoms with E-state index >= 15 is 0 Å². The molecule has 0 spiro atoms. The summed E-state index contributed by atoms with van der Waals surface area (Å²) in [6, 6.07) is 11.1. The predicted octanol–water partition coefficient (Wildman–Crippen LogP) is 6.86. The van der Waals surface area contributed by atoms with E-state index in [0.717, 1.165) is 12.8 Å². The molecule has 37 heavy (non-hydrogen) atoms. The highest BCUT2D eigenvalue weighted by atomic mass is 19.2. The van der Waals surface area contributed by atoms with Gasteiger partial charge in [-0.15, -0.1) is 0 Å². The Balaban J connectivity index is 1.28. The minimum Gasteiger partial charge on any atom is -0.420 e. The summed E-state index contributed by atoms with van der Waals surface area (Å²) in [5.74, 6) is -5.72. The molecule has 1 saturated heterocycles. The van der Waals surface area contributed by atoms with Crippen LogP contribution in [0.5, 0.6) is 5.75 Å². The number of epoxide rings is 1. The van der Waals surface area contributed by atoms with Crippen molar-refractivity contribution in [2.75, 3.05) is 6.61 Å². The smallest absolute Gasteiger partial charge is 0.343 e. The Hall–Kier alpha value is -3.23. The third kappa shape index (κ3) is 5.13. The molecule has 1 aliphatic heterocycles. The minimum absolute atomic E-state index is 0.0213. The van der Waals surface area contributed by atoms with Gasteiger partial charge < -0.3 is 14.6 Å². The van der Waals surface area contributed by atoms with Crippen LogP contribution in [0.2, 0.25) is 0 Å². The van der Waals surface area contributed by atoms with Crippen molar-refractivity contribution in [3.8, 4) is 16.9 Å². The highest BCUT2D eigenvalue weighted by molar-refractivity contribution is 5.91.